The number of aryl methyl sites for hydroxylation is 2. The number of amides is 1. The topological polar surface area (TPSA) is 56.2 Å². The molecular weight excluding hydrogens is 542 g/mol. The number of benzene rings is 2. The highest BCUT2D eigenvalue weighted by molar-refractivity contribution is 5.78. The maximum Gasteiger partial charge on any atom is 0.224 e. The third-order valence-electron chi connectivity index (χ3n) is 8.89. The maximum absolute atomic E-state index is 12.3. The minimum Gasteiger partial charge on any atom is -0.497 e. The molecule has 0 aliphatic heterocycles. The summed E-state index contributed by atoms with van der Waals surface area (Å²) in [6.45, 7) is 4.09. The van der Waals surface area contributed by atoms with Gasteiger partial charge >= 0.3 is 0 Å². The molecule has 0 aliphatic rings. The quantitative estimate of drug-likeness (QED) is 0.0929. The molecule has 44 heavy (non-hydrogen) atoms. The number of carbonyl (C=O) groups excluding carboxylic acids is 1. The normalized spacial score (nSPS) is 11.3. The Labute approximate surface area is 268 Å². The Morgan fingerprint density at radius 2 is 1.27 bits per heavy atom. The van der Waals surface area contributed by atoms with Crippen LogP contribution in [0.4, 0.5) is 0 Å². The molecule has 0 spiro atoms. The van der Waals surface area contributed by atoms with Gasteiger partial charge in [0.25, 0.3) is 0 Å². The molecule has 0 fully saturated rings. The molecule has 0 aliphatic carbocycles. The van der Waals surface area contributed by atoms with Crippen LogP contribution in [0.2, 0.25) is 0 Å². The molecule has 1 heterocycles. The average molecular weight is 604 g/mol. The molecule has 0 atom stereocenters. The first kappa shape index (κ1) is 35.7. The van der Waals surface area contributed by atoms with Gasteiger partial charge in [-0.05, 0) is 49.1 Å². The number of ether oxygens (including phenoxy) is 1. The van der Waals surface area contributed by atoms with Crippen molar-refractivity contribution < 1.29 is 9.53 Å². The minimum atomic E-state index is 0.0794. The van der Waals surface area contributed by atoms with Gasteiger partial charge in [-0.2, -0.15) is 0 Å². The third kappa shape index (κ3) is 14.3. The second-order valence-corrected chi connectivity index (χ2v) is 12.7. The molecule has 244 valence electrons. The van der Waals surface area contributed by atoms with Crippen LogP contribution < -0.4 is 10.1 Å². The maximum atomic E-state index is 12.3. The number of unbranched alkanes of at least 4 members (excludes halogenated alkanes) is 17. The van der Waals surface area contributed by atoms with Gasteiger partial charge in [0.2, 0.25) is 5.91 Å². The molecule has 5 heteroatoms. The zero-order chi connectivity index (χ0) is 31.1. The molecule has 1 N–H and O–H groups in total. The Kier molecular flexibility index (Phi) is 18.4. The van der Waals surface area contributed by atoms with Gasteiger partial charge < -0.3 is 14.6 Å². The van der Waals surface area contributed by atoms with Crippen LogP contribution in [0.5, 0.6) is 5.75 Å². The summed E-state index contributed by atoms with van der Waals surface area (Å²) < 4.78 is 7.66. The highest BCUT2D eigenvalue weighted by Gasteiger charge is 2.10. The summed E-state index contributed by atoms with van der Waals surface area (Å²) in [5.74, 6) is 2.11. The van der Waals surface area contributed by atoms with E-state index in [1.807, 2.05) is 24.3 Å². The smallest absolute Gasteiger partial charge is 0.224 e. The van der Waals surface area contributed by atoms with Gasteiger partial charge in [-0.15, -0.1) is 0 Å². The number of fused-ring (bicyclic) bond motifs is 1. The Morgan fingerprint density at radius 1 is 0.705 bits per heavy atom. The average Bonchev–Trinajstić information content (AvgIpc) is 3.40. The Balaban J connectivity index is 1.23. The summed E-state index contributed by atoms with van der Waals surface area (Å²) in [6, 6.07) is 16.3. The Bertz CT molecular complexity index is 1150. The zero-order valence-corrected chi connectivity index (χ0v) is 28.1. The Morgan fingerprint density at radius 3 is 1.89 bits per heavy atom. The van der Waals surface area contributed by atoms with Crippen LogP contribution in [0, 0.1) is 0 Å². The van der Waals surface area contributed by atoms with Crippen molar-refractivity contribution in [1.82, 2.24) is 14.9 Å². The van der Waals surface area contributed by atoms with E-state index in [0.717, 1.165) is 55.6 Å². The number of carbonyl (C=O) groups is 1. The number of nitrogens with one attached hydrogen (secondary N) is 1. The summed E-state index contributed by atoms with van der Waals surface area (Å²) in [4.78, 5) is 17.3. The van der Waals surface area contributed by atoms with Crippen molar-refractivity contribution in [3.63, 3.8) is 0 Å². The van der Waals surface area contributed by atoms with Crippen molar-refractivity contribution in [3.05, 3.63) is 59.9 Å². The van der Waals surface area contributed by atoms with Crippen molar-refractivity contribution >= 4 is 16.9 Å². The summed E-state index contributed by atoms with van der Waals surface area (Å²) in [5, 5.41) is 3.07. The van der Waals surface area contributed by atoms with Crippen LogP contribution in [0.25, 0.3) is 11.0 Å². The van der Waals surface area contributed by atoms with Crippen LogP contribution in [-0.4, -0.2) is 29.1 Å². The SMILES string of the molecule is CCCCCCCCCCCCCCCCCCn1c(CCCCCNC(=O)Cc2ccc(OC)cc2)nc2ccccc21. The van der Waals surface area contributed by atoms with Crippen molar-refractivity contribution in [1.29, 1.82) is 0 Å². The van der Waals surface area contributed by atoms with Crippen LogP contribution in [0.3, 0.4) is 0 Å². The monoisotopic (exact) mass is 603 g/mol. The number of methoxy groups -OCH3 is 1. The molecule has 0 saturated heterocycles. The summed E-state index contributed by atoms with van der Waals surface area (Å²) in [6.07, 6.45) is 27.0. The summed E-state index contributed by atoms with van der Waals surface area (Å²) in [7, 11) is 1.65. The van der Waals surface area contributed by atoms with E-state index >= 15 is 0 Å². The fourth-order valence-corrected chi connectivity index (χ4v) is 6.19. The second-order valence-electron chi connectivity index (χ2n) is 12.7. The molecule has 1 amide bonds. The van der Waals surface area contributed by atoms with E-state index in [-0.39, 0.29) is 5.91 Å². The Hall–Kier alpha value is -2.82. The van der Waals surface area contributed by atoms with Crippen LogP contribution in [0.1, 0.15) is 140 Å². The van der Waals surface area contributed by atoms with Gasteiger partial charge in [-0.1, -0.05) is 134 Å². The van der Waals surface area contributed by atoms with Crippen molar-refractivity contribution in [2.45, 2.75) is 148 Å². The lowest BCUT2D eigenvalue weighted by Gasteiger charge is -2.10. The van der Waals surface area contributed by atoms with E-state index in [1.165, 1.54) is 114 Å². The number of para-hydroxylation sites is 2. The second kappa shape index (κ2) is 22.7. The van der Waals surface area contributed by atoms with Gasteiger partial charge in [-0.25, -0.2) is 4.98 Å². The van der Waals surface area contributed by atoms with E-state index in [0.29, 0.717) is 6.42 Å². The summed E-state index contributed by atoms with van der Waals surface area (Å²) >= 11 is 0. The van der Waals surface area contributed by atoms with Gasteiger partial charge in [0.15, 0.2) is 0 Å². The molecule has 3 rings (SSSR count). The molecular formula is C39H61N3O2. The lowest BCUT2D eigenvalue weighted by atomic mass is 10.0. The number of imidazole rings is 1. The molecule has 2 aromatic carbocycles. The molecule has 5 nitrogen and oxygen atoms in total. The third-order valence-corrected chi connectivity index (χ3v) is 8.89. The highest BCUT2D eigenvalue weighted by Crippen LogP contribution is 2.20. The standard InChI is InChI=1S/C39H61N3O2/c1-3-4-5-6-7-8-9-10-11-12-13-14-15-16-17-23-32-42-37-25-21-20-24-36(37)41-38(42)26-19-18-22-31-40-39(43)33-34-27-29-35(44-2)30-28-34/h20-21,24-25,27-30H,3-19,22-23,26,31-33H2,1-2H3,(H,40,43). The first-order valence-electron chi connectivity index (χ1n) is 18.0. The van der Waals surface area contributed by atoms with Crippen LogP contribution >= 0.6 is 0 Å². The lowest BCUT2D eigenvalue weighted by Crippen LogP contribution is -2.26. The first-order valence-corrected chi connectivity index (χ1v) is 18.0. The van der Waals surface area contributed by atoms with Crippen LogP contribution in [0.15, 0.2) is 48.5 Å². The van der Waals surface area contributed by atoms with Crippen molar-refractivity contribution in [2.75, 3.05) is 13.7 Å². The molecule has 0 saturated carbocycles. The molecule has 1 aromatic heterocycles. The molecule has 0 radical (unpaired) electrons. The van der Waals surface area contributed by atoms with E-state index < -0.39 is 0 Å². The lowest BCUT2D eigenvalue weighted by molar-refractivity contribution is -0.120. The number of rotatable bonds is 26. The minimum absolute atomic E-state index is 0.0794. The van der Waals surface area contributed by atoms with Gasteiger partial charge in [0.05, 0.1) is 24.6 Å². The molecule has 3 aromatic rings. The van der Waals surface area contributed by atoms with Crippen LogP contribution in [-0.2, 0) is 24.2 Å². The molecule has 0 bridgehead atoms. The van der Waals surface area contributed by atoms with E-state index in [4.69, 9.17) is 9.72 Å². The predicted molar refractivity (Wildman–Crippen MR) is 187 cm³/mol. The van der Waals surface area contributed by atoms with Crippen molar-refractivity contribution in [2.24, 2.45) is 0 Å². The fraction of sp³-hybridized carbons (Fsp3) is 0.641. The number of nitrogens with zero attached hydrogens (tertiary/aromatic N) is 2. The van der Waals surface area contributed by atoms with Crippen molar-refractivity contribution in [3.8, 4) is 5.75 Å². The predicted octanol–water partition coefficient (Wildman–Crippen LogP) is 10.4. The summed E-state index contributed by atoms with van der Waals surface area (Å²) in [5.41, 5.74) is 3.39. The fourth-order valence-electron chi connectivity index (χ4n) is 6.19. The van der Waals surface area contributed by atoms with E-state index in [2.05, 4.69) is 41.1 Å². The van der Waals surface area contributed by atoms with Gasteiger partial charge in [-0.3, -0.25) is 4.79 Å². The zero-order valence-electron chi connectivity index (χ0n) is 28.1. The first-order chi connectivity index (χ1) is 21.7. The highest BCUT2D eigenvalue weighted by atomic mass is 16.5. The largest absolute Gasteiger partial charge is 0.497 e. The van der Waals surface area contributed by atoms with Gasteiger partial charge in [0.1, 0.15) is 11.6 Å². The number of hydrogen-bond donors (Lipinski definition) is 1. The van der Waals surface area contributed by atoms with E-state index in [9.17, 15) is 4.79 Å². The molecule has 0 unspecified atom stereocenters. The van der Waals surface area contributed by atoms with E-state index in [1.54, 1.807) is 7.11 Å². The number of hydrogen-bond acceptors (Lipinski definition) is 3. The van der Waals surface area contributed by atoms with Gasteiger partial charge in [0, 0.05) is 19.5 Å². The number of aromatic nitrogens is 2.